The predicted molar refractivity (Wildman–Crippen MR) is 66.7 cm³/mol. The first-order valence-electron chi connectivity index (χ1n) is 6.81. The molecule has 1 heterocycles. The SMILES string of the molecule is CC(C)CC(CNC1CC1)N1CCOCC1. The van der Waals surface area contributed by atoms with E-state index in [4.69, 9.17) is 4.74 Å². The van der Waals surface area contributed by atoms with Gasteiger partial charge < -0.3 is 10.1 Å². The van der Waals surface area contributed by atoms with Crippen molar-refractivity contribution in [1.29, 1.82) is 0 Å². The molecule has 3 nitrogen and oxygen atoms in total. The van der Waals surface area contributed by atoms with Crippen molar-refractivity contribution in [1.82, 2.24) is 10.2 Å². The van der Waals surface area contributed by atoms with Crippen molar-refractivity contribution in [3.8, 4) is 0 Å². The Labute approximate surface area is 99.5 Å². The molecule has 0 aromatic rings. The van der Waals surface area contributed by atoms with Gasteiger partial charge in [0, 0.05) is 31.7 Å². The Morgan fingerprint density at radius 2 is 1.94 bits per heavy atom. The lowest BCUT2D eigenvalue weighted by molar-refractivity contribution is 0.0123. The molecule has 1 aliphatic carbocycles. The second-order valence-corrected chi connectivity index (χ2v) is 5.61. The number of hydrogen-bond donors (Lipinski definition) is 1. The van der Waals surface area contributed by atoms with E-state index in [1.807, 2.05) is 0 Å². The third-order valence-electron chi connectivity index (χ3n) is 3.53. The third kappa shape index (κ3) is 4.04. The summed E-state index contributed by atoms with van der Waals surface area (Å²) in [6, 6.07) is 1.54. The van der Waals surface area contributed by atoms with Crippen LogP contribution in [0.2, 0.25) is 0 Å². The molecule has 0 amide bonds. The number of rotatable bonds is 6. The van der Waals surface area contributed by atoms with Crippen LogP contribution in [0.4, 0.5) is 0 Å². The van der Waals surface area contributed by atoms with Gasteiger partial charge in [-0.05, 0) is 25.2 Å². The lowest BCUT2D eigenvalue weighted by atomic mass is 10.0. The van der Waals surface area contributed by atoms with Gasteiger partial charge in [-0.3, -0.25) is 4.90 Å². The van der Waals surface area contributed by atoms with Gasteiger partial charge in [-0.15, -0.1) is 0 Å². The van der Waals surface area contributed by atoms with Crippen LogP contribution < -0.4 is 5.32 Å². The van der Waals surface area contributed by atoms with Gasteiger partial charge >= 0.3 is 0 Å². The second-order valence-electron chi connectivity index (χ2n) is 5.61. The van der Waals surface area contributed by atoms with Crippen molar-refractivity contribution in [2.45, 2.75) is 45.2 Å². The fourth-order valence-electron chi connectivity index (χ4n) is 2.44. The van der Waals surface area contributed by atoms with Crippen molar-refractivity contribution in [2.24, 2.45) is 5.92 Å². The van der Waals surface area contributed by atoms with Crippen LogP contribution in [0.3, 0.4) is 0 Å². The summed E-state index contributed by atoms with van der Waals surface area (Å²) >= 11 is 0. The molecule has 0 spiro atoms. The van der Waals surface area contributed by atoms with E-state index in [9.17, 15) is 0 Å². The minimum Gasteiger partial charge on any atom is -0.379 e. The van der Waals surface area contributed by atoms with Gasteiger partial charge in [0.1, 0.15) is 0 Å². The van der Waals surface area contributed by atoms with Crippen molar-refractivity contribution in [3.05, 3.63) is 0 Å². The van der Waals surface area contributed by atoms with Crippen molar-refractivity contribution < 1.29 is 4.74 Å². The number of ether oxygens (including phenoxy) is 1. The van der Waals surface area contributed by atoms with E-state index in [0.717, 1.165) is 38.3 Å². The summed E-state index contributed by atoms with van der Waals surface area (Å²) in [4.78, 5) is 2.61. The molecule has 0 radical (unpaired) electrons. The summed E-state index contributed by atoms with van der Waals surface area (Å²) in [6.45, 7) is 9.88. The fourth-order valence-corrected chi connectivity index (χ4v) is 2.44. The predicted octanol–water partition coefficient (Wildman–Crippen LogP) is 1.49. The van der Waals surface area contributed by atoms with Crippen LogP contribution in [0, 0.1) is 5.92 Å². The molecule has 1 unspecified atom stereocenters. The highest BCUT2D eigenvalue weighted by atomic mass is 16.5. The monoisotopic (exact) mass is 226 g/mol. The molecule has 2 aliphatic rings. The molecule has 1 saturated heterocycles. The first kappa shape index (κ1) is 12.3. The van der Waals surface area contributed by atoms with E-state index in [-0.39, 0.29) is 0 Å². The molecule has 1 saturated carbocycles. The van der Waals surface area contributed by atoms with Gasteiger partial charge in [0.05, 0.1) is 13.2 Å². The molecular weight excluding hydrogens is 200 g/mol. The molecule has 94 valence electrons. The van der Waals surface area contributed by atoms with E-state index in [1.165, 1.54) is 25.8 Å². The summed E-state index contributed by atoms with van der Waals surface area (Å²) in [5.41, 5.74) is 0. The molecule has 0 aromatic carbocycles. The summed E-state index contributed by atoms with van der Waals surface area (Å²) in [7, 11) is 0. The summed E-state index contributed by atoms with van der Waals surface area (Å²) in [5.74, 6) is 0.786. The van der Waals surface area contributed by atoms with Gasteiger partial charge in [-0.2, -0.15) is 0 Å². The molecule has 1 atom stereocenters. The largest absolute Gasteiger partial charge is 0.379 e. The Balaban J connectivity index is 1.78. The van der Waals surface area contributed by atoms with E-state index in [1.54, 1.807) is 0 Å². The normalized spacial score (nSPS) is 24.9. The van der Waals surface area contributed by atoms with Crippen molar-refractivity contribution in [3.63, 3.8) is 0 Å². The average Bonchev–Trinajstić information content (AvgIpc) is 3.09. The third-order valence-corrected chi connectivity index (χ3v) is 3.53. The van der Waals surface area contributed by atoms with Crippen molar-refractivity contribution >= 4 is 0 Å². The molecule has 2 rings (SSSR count). The highest BCUT2D eigenvalue weighted by Crippen LogP contribution is 2.20. The molecule has 16 heavy (non-hydrogen) atoms. The molecular formula is C13H26N2O. The zero-order valence-electron chi connectivity index (χ0n) is 10.7. The van der Waals surface area contributed by atoms with Gasteiger partial charge in [0.25, 0.3) is 0 Å². The van der Waals surface area contributed by atoms with Crippen LogP contribution in [-0.2, 0) is 4.74 Å². The maximum absolute atomic E-state index is 5.43. The molecule has 0 bridgehead atoms. The average molecular weight is 226 g/mol. The number of nitrogens with one attached hydrogen (secondary N) is 1. The lowest BCUT2D eigenvalue weighted by Crippen LogP contribution is -2.48. The quantitative estimate of drug-likeness (QED) is 0.742. The minimum atomic E-state index is 0.712. The first-order chi connectivity index (χ1) is 7.75. The zero-order chi connectivity index (χ0) is 11.4. The number of hydrogen-bond acceptors (Lipinski definition) is 3. The molecule has 2 fully saturated rings. The Morgan fingerprint density at radius 3 is 2.50 bits per heavy atom. The smallest absolute Gasteiger partial charge is 0.0594 e. The molecule has 0 aromatic heterocycles. The summed E-state index contributed by atoms with van der Waals surface area (Å²) in [6.07, 6.45) is 4.08. The lowest BCUT2D eigenvalue weighted by Gasteiger charge is -2.35. The van der Waals surface area contributed by atoms with Crippen LogP contribution in [0.1, 0.15) is 33.1 Å². The number of morpholine rings is 1. The molecule has 1 aliphatic heterocycles. The van der Waals surface area contributed by atoms with Gasteiger partial charge in [0.2, 0.25) is 0 Å². The second kappa shape index (κ2) is 5.99. The fraction of sp³-hybridized carbons (Fsp3) is 1.00. The maximum Gasteiger partial charge on any atom is 0.0594 e. The van der Waals surface area contributed by atoms with Gasteiger partial charge in [-0.1, -0.05) is 13.8 Å². The zero-order valence-corrected chi connectivity index (χ0v) is 10.7. The van der Waals surface area contributed by atoms with Crippen molar-refractivity contribution in [2.75, 3.05) is 32.8 Å². The summed E-state index contributed by atoms with van der Waals surface area (Å²) in [5, 5.41) is 3.68. The Kier molecular flexibility index (Phi) is 4.62. The highest BCUT2D eigenvalue weighted by Gasteiger charge is 2.25. The Hall–Kier alpha value is -0.120. The topological polar surface area (TPSA) is 24.5 Å². The van der Waals surface area contributed by atoms with Crippen LogP contribution in [-0.4, -0.2) is 49.8 Å². The van der Waals surface area contributed by atoms with Gasteiger partial charge in [0.15, 0.2) is 0 Å². The Morgan fingerprint density at radius 1 is 1.25 bits per heavy atom. The van der Waals surface area contributed by atoms with Gasteiger partial charge in [-0.25, -0.2) is 0 Å². The highest BCUT2D eigenvalue weighted by molar-refractivity contribution is 4.85. The van der Waals surface area contributed by atoms with E-state index < -0.39 is 0 Å². The van der Waals surface area contributed by atoms with E-state index >= 15 is 0 Å². The van der Waals surface area contributed by atoms with Crippen LogP contribution in [0.15, 0.2) is 0 Å². The number of nitrogens with zero attached hydrogens (tertiary/aromatic N) is 1. The maximum atomic E-state index is 5.43. The first-order valence-corrected chi connectivity index (χ1v) is 6.81. The molecule has 3 heteroatoms. The van der Waals surface area contributed by atoms with Crippen LogP contribution >= 0.6 is 0 Å². The molecule has 1 N–H and O–H groups in total. The summed E-state index contributed by atoms with van der Waals surface area (Å²) < 4.78 is 5.43. The Bertz CT molecular complexity index is 198. The van der Waals surface area contributed by atoms with Crippen LogP contribution in [0.5, 0.6) is 0 Å². The standard InChI is InChI=1S/C13H26N2O/c1-11(2)9-13(10-14-12-3-4-12)15-5-7-16-8-6-15/h11-14H,3-10H2,1-2H3. The minimum absolute atomic E-state index is 0.712. The van der Waals surface area contributed by atoms with E-state index in [2.05, 4.69) is 24.1 Å². The van der Waals surface area contributed by atoms with Crippen LogP contribution in [0.25, 0.3) is 0 Å². The van der Waals surface area contributed by atoms with E-state index in [0.29, 0.717) is 6.04 Å².